The third kappa shape index (κ3) is 1.92. The van der Waals surface area contributed by atoms with Gasteiger partial charge in [-0.2, -0.15) is 0 Å². The number of hydrogen-bond acceptors (Lipinski definition) is 3. The molecule has 17 heavy (non-hydrogen) atoms. The normalized spacial score (nSPS) is 33.2. The molecule has 0 aromatic rings. The van der Waals surface area contributed by atoms with Crippen LogP contribution in [-0.4, -0.2) is 40.0 Å². The van der Waals surface area contributed by atoms with Crippen LogP contribution in [0.2, 0.25) is 0 Å². The predicted octanol–water partition coefficient (Wildman–Crippen LogP) is 0.434. The number of nitrogens with two attached hydrogens (primary N) is 1. The van der Waals surface area contributed by atoms with Gasteiger partial charge in [0.05, 0.1) is 12.0 Å². The Morgan fingerprint density at radius 2 is 2.00 bits per heavy atom. The average Bonchev–Trinajstić information content (AvgIpc) is 2.83. The average molecular weight is 240 g/mol. The quantitative estimate of drug-likeness (QED) is 0.749. The molecule has 5 heteroatoms. The van der Waals surface area contributed by atoms with E-state index in [2.05, 4.69) is 0 Å². The van der Waals surface area contributed by atoms with Gasteiger partial charge in [-0.25, -0.2) is 0 Å². The summed E-state index contributed by atoms with van der Waals surface area (Å²) in [4.78, 5) is 25.1. The van der Waals surface area contributed by atoms with Gasteiger partial charge in [-0.05, 0) is 25.2 Å². The number of carbonyl (C=O) groups is 2. The molecule has 2 heterocycles. The predicted molar refractivity (Wildman–Crippen MR) is 62.2 cm³/mol. The monoisotopic (exact) mass is 240 g/mol. The molecular weight excluding hydrogens is 220 g/mol. The van der Waals surface area contributed by atoms with Crippen molar-refractivity contribution in [3.63, 3.8) is 0 Å². The van der Waals surface area contributed by atoms with Crippen molar-refractivity contribution in [3.8, 4) is 0 Å². The highest BCUT2D eigenvalue weighted by Crippen LogP contribution is 2.42. The molecule has 2 saturated heterocycles. The molecule has 3 N–H and O–H groups in total. The summed E-state index contributed by atoms with van der Waals surface area (Å²) in [5.74, 6) is -1.16. The van der Waals surface area contributed by atoms with Crippen LogP contribution >= 0.6 is 0 Å². The minimum absolute atomic E-state index is 0.0729. The molecule has 0 saturated carbocycles. The summed E-state index contributed by atoms with van der Waals surface area (Å²) >= 11 is 0. The molecule has 0 aromatic heterocycles. The topological polar surface area (TPSA) is 83.6 Å². The van der Waals surface area contributed by atoms with Gasteiger partial charge in [-0.15, -0.1) is 0 Å². The number of hydrogen-bond donors (Lipinski definition) is 2. The van der Waals surface area contributed by atoms with Gasteiger partial charge in [-0.1, -0.05) is 13.8 Å². The Bertz CT molecular complexity index is 343. The lowest BCUT2D eigenvalue weighted by atomic mass is 9.89. The Morgan fingerprint density at radius 3 is 2.47 bits per heavy atom. The maximum absolute atomic E-state index is 12.2. The first-order valence-electron chi connectivity index (χ1n) is 6.24. The van der Waals surface area contributed by atoms with Gasteiger partial charge >= 0.3 is 5.97 Å². The molecule has 2 bridgehead atoms. The Hall–Kier alpha value is -1.10. The molecule has 2 aliphatic heterocycles. The molecule has 0 aromatic carbocycles. The molecule has 5 nitrogen and oxygen atoms in total. The zero-order chi connectivity index (χ0) is 12.7. The van der Waals surface area contributed by atoms with Gasteiger partial charge in [0, 0.05) is 12.1 Å². The van der Waals surface area contributed by atoms with Crippen LogP contribution in [0.1, 0.15) is 33.1 Å². The zero-order valence-electron chi connectivity index (χ0n) is 10.3. The van der Waals surface area contributed by atoms with Gasteiger partial charge in [0.25, 0.3) is 0 Å². The van der Waals surface area contributed by atoms with E-state index in [1.54, 1.807) is 4.90 Å². The maximum atomic E-state index is 12.2. The number of fused-ring (bicyclic) bond motifs is 2. The third-order valence-corrected chi connectivity index (χ3v) is 4.11. The summed E-state index contributed by atoms with van der Waals surface area (Å²) in [6.45, 7) is 3.82. The van der Waals surface area contributed by atoms with Crippen LogP contribution in [0.4, 0.5) is 0 Å². The third-order valence-electron chi connectivity index (χ3n) is 4.11. The van der Waals surface area contributed by atoms with Crippen molar-refractivity contribution in [3.05, 3.63) is 0 Å². The van der Waals surface area contributed by atoms with Crippen LogP contribution < -0.4 is 5.73 Å². The summed E-state index contributed by atoms with van der Waals surface area (Å²) in [5.41, 5.74) is 5.87. The summed E-state index contributed by atoms with van der Waals surface area (Å²) in [5, 5.41) is 9.11. The number of carbonyl (C=O) groups excluding carboxylic acids is 1. The van der Waals surface area contributed by atoms with Gasteiger partial charge in [0.2, 0.25) is 5.91 Å². The lowest BCUT2D eigenvalue weighted by molar-refractivity contribution is -0.143. The number of amides is 1. The molecule has 2 rings (SSSR count). The Kier molecular flexibility index (Phi) is 3.12. The minimum atomic E-state index is -0.784. The van der Waals surface area contributed by atoms with Crippen LogP contribution in [0.5, 0.6) is 0 Å². The molecule has 4 unspecified atom stereocenters. The lowest BCUT2D eigenvalue weighted by Crippen LogP contribution is -2.49. The number of rotatable bonds is 3. The molecular formula is C12H20N2O3. The standard InChI is InChI=1S/C12H20N2O3/c1-6(2)10(13)11(15)14-7-3-4-9(14)8(5-7)12(16)17/h6-10H,3-5,13H2,1-2H3,(H,16,17). The van der Waals surface area contributed by atoms with Crippen molar-refractivity contribution >= 4 is 11.9 Å². The van der Waals surface area contributed by atoms with Crippen molar-refractivity contribution in [2.24, 2.45) is 17.6 Å². The van der Waals surface area contributed by atoms with Crippen molar-refractivity contribution in [2.75, 3.05) is 0 Å². The Labute approximate surface area is 101 Å². The van der Waals surface area contributed by atoms with Gasteiger partial charge in [-0.3, -0.25) is 9.59 Å². The van der Waals surface area contributed by atoms with E-state index in [0.29, 0.717) is 6.42 Å². The maximum Gasteiger partial charge on any atom is 0.308 e. The number of nitrogens with zero attached hydrogens (tertiary/aromatic N) is 1. The SMILES string of the molecule is CC(C)C(N)C(=O)N1C2CCC1C(C(=O)O)C2. The number of aliphatic carboxylic acids is 1. The Balaban J connectivity index is 2.13. The molecule has 2 fully saturated rings. The first-order valence-corrected chi connectivity index (χ1v) is 6.24. The van der Waals surface area contributed by atoms with Crippen molar-refractivity contribution in [1.29, 1.82) is 0 Å². The largest absolute Gasteiger partial charge is 0.481 e. The van der Waals surface area contributed by atoms with Crippen molar-refractivity contribution < 1.29 is 14.7 Å². The van der Waals surface area contributed by atoms with E-state index >= 15 is 0 Å². The molecule has 0 spiro atoms. The highest BCUT2D eigenvalue weighted by molar-refractivity contribution is 5.84. The summed E-state index contributed by atoms with van der Waals surface area (Å²) < 4.78 is 0. The fourth-order valence-electron chi connectivity index (χ4n) is 3.05. The smallest absolute Gasteiger partial charge is 0.308 e. The molecule has 0 aliphatic carbocycles. The van der Waals surface area contributed by atoms with Gasteiger partial charge in [0.1, 0.15) is 0 Å². The van der Waals surface area contributed by atoms with E-state index in [4.69, 9.17) is 10.8 Å². The summed E-state index contributed by atoms with van der Waals surface area (Å²) in [7, 11) is 0. The molecule has 96 valence electrons. The van der Waals surface area contributed by atoms with Crippen LogP contribution in [0.25, 0.3) is 0 Å². The van der Waals surface area contributed by atoms with Crippen LogP contribution in [0, 0.1) is 11.8 Å². The second-order valence-corrected chi connectivity index (χ2v) is 5.49. The van der Waals surface area contributed by atoms with Gasteiger partial charge < -0.3 is 15.7 Å². The van der Waals surface area contributed by atoms with E-state index in [9.17, 15) is 9.59 Å². The fraction of sp³-hybridized carbons (Fsp3) is 0.833. The molecule has 1 amide bonds. The lowest BCUT2D eigenvalue weighted by Gasteiger charge is -2.27. The van der Waals surface area contributed by atoms with E-state index < -0.39 is 17.9 Å². The second-order valence-electron chi connectivity index (χ2n) is 5.49. The Morgan fingerprint density at radius 1 is 1.35 bits per heavy atom. The summed E-state index contributed by atoms with van der Waals surface area (Å²) in [6.07, 6.45) is 2.32. The molecule has 0 radical (unpaired) electrons. The first kappa shape index (κ1) is 12.4. The number of carboxylic acid groups (broad SMARTS) is 1. The van der Waals surface area contributed by atoms with Crippen LogP contribution in [0.15, 0.2) is 0 Å². The van der Waals surface area contributed by atoms with E-state index in [1.165, 1.54) is 0 Å². The summed E-state index contributed by atoms with van der Waals surface area (Å²) in [6, 6.07) is -0.543. The van der Waals surface area contributed by atoms with Crippen molar-refractivity contribution in [1.82, 2.24) is 4.90 Å². The van der Waals surface area contributed by atoms with E-state index in [1.807, 2.05) is 13.8 Å². The highest BCUT2D eigenvalue weighted by Gasteiger charge is 2.52. The minimum Gasteiger partial charge on any atom is -0.481 e. The van der Waals surface area contributed by atoms with Gasteiger partial charge in [0.15, 0.2) is 0 Å². The van der Waals surface area contributed by atoms with E-state index in [0.717, 1.165) is 12.8 Å². The molecule has 2 aliphatic rings. The number of carboxylic acids is 1. The van der Waals surface area contributed by atoms with Crippen LogP contribution in [-0.2, 0) is 9.59 Å². The zero-order valence-corrected chi connectivity index (χ0v) is 10.3. The fourth-order valence-corrected chi connectivity index (χ4v) is 3.05. The first-order chi connectivity index (χ1) is 7.93. The second kappa shape index (κ2) is 4.29. The van der Waals surface area contributed by atoms with Crippen molar-refractivity contribution in [2.45, 2.75) is 51.2 Å². The van der Waals surface area contributed by atoms with Crippen LogP contribution in [0.3, 0.4) is 0 Å². The van der Waals surface area contributed by atoms with E-state index in [-0.39, 0.29) is 23.9 Å². The molecule has 4 atom stereocenters. The highest BCUT2D eigenvalue weighted by atomic mass is 16.4.